The zero-order valence-electron chi connectivity index (χ0n) is 18.2. The van der Waals surface area contributed by atoms with Crippen molar-refractivity contribution in [3.05, 3.63) is 61.6 Å². The van der Waals surface area contributed by atoms with Crippen LogP contribution in [0.4, 0.5) is 0 Å². The van der Waals surface area contributed by atoms with Crippen molar-refractivity contribution in [3.63, 3.8) is 0 Å². The van der Waals surface area contributed by atoms with Gasteiger partial charge in [-0.3, -0.25) is 0 Å². The lowest BCUT2D eigenvalue weighted by Gasteiger charge is -2.15. The van der Waals surface area contributed by atoms with Gasteiger partial charge >= 0.3 is 11.6 Å². The van der Waals surface area contributed by atoms with Gasteiger partial charge in [0, 0.05) is 30.1 Å². The number of nitrogens with zero attached hydrogens (tertiary/aromatic N) is 1. The molecule has 3 aromatic rings. The minimum atomic E-state index is -3.74. The second-order valence-corrected chi connectivity index (χ2v) is 11.1. The number of carbonyl (C=O) groups excluding carboxylic acids is 1. The van der Waals surface area contributed by atoms with Gasteiger partial charge in [-0.2, -0.15) is 4.31 Å². The summed E-state index contributed by atoms with van der Waals surface area (Å²) in [4.78, 5) is 24.9. The van der Waals surface area contributed by atoms with Gasteiger partial charge in [0.05, 0.1) is 0 Å². The molecule has 1 aromatic carbocycles. The Balaban J connectivity index is 1.62. The number of fused-ring (bicyclic) bond motifs is 1. The fourth-order valence-electron chi connectivity index (χ4n) is 4.06. The average molecular weight is 476 g/mol. The van der Waals surface area contributed by atoms with Crippen molar-refractivity contribution in [1.82, 2.24) is 4.31 Å². The first-order valence-corrected chi connectivity index (χ1v) is 12.8. The predicted molar refractivity (Wildman–Crippen MR) is 123 cm³/mol. The largest absolute Gasteiger partial charge is 0.457 e. The van der Waals surface area contributed by atoms with Crippen molar-refractivity contribution in [2.24, 2.45) is 0 Å². The van der Waals surface area contributed by atoms with Crippen LogP contribution >= 0.6 is 11.3 Å². The van der Waals surface area contributed by atoms with Crippen molar-refractivity contribution in [1.29, 1.82) is 0 Å². The highest BCUT2D eigenvalue weighted by atomic mass is 32.2. The van der Waals surface area contributed by atoms with E-state index in [4.69, 9.17) is 9.15 Å². The number of hydrogen-bond donors (Lipinski definition) is 0. The Kier molecular flexibility index (Phi) is 6.24. The lowest BCUT2D eigenvalue weighted by Crippen LogP contribution is -2.28. The topological polar surface area (TPSA) is 93.9 Å². The van der Waals surface area contributed by atoms with Gasteiger partial charge in [0.2, 0.25) is 10.0 Å². The minimum Gasteiger partial charge on any atom is -0.457 e. The Morgan fingerprint density at radius 3 is 2.62 bits per heavy atom. The minimum absolute atomic E-state index is 0.0236. The predicted octanol–water partition coefficient (Wildman–Crippen LogP) is 4.43. The van der Waals surface area contributed by atoms with Crippen LogP contribution in [0.1, 0.15) is 59.0 Å². The summed E-state index contributed by atoms with van der Waals surface area (Å²) < 4.78 is 38.0. The second-order valence-electron chi connectivity index (χ2n) is 8.25. The number of thiophene rings is 1. The van der Waals surface area contributed by atoms with Gasteiger partial charge in [-0.25, -0.2) is 18.0 Å². The van der Waals surface area contributed by atoms with E-state index in [9.17, 15) is 18.0 Å². The van der Waals surface area contributed by atoms with Gasteiger partial charge in [-0.05, 0) is 60.4 Å². The van der Waals surface area contributed by atoms with Crippen LogP contribution in [0.2, 0.25) is 0 Å². The van der Waals surface area contributed by atoms with Gasteiger partial charge in [-0.1, -0.05) is 13.8 Å². The lowest BCUT2D eigenvalue weighted by molar-refractivity contribution is 0.0475. The van der Waals surface area contributed by atoms with Crippen LogP contribution in [0.5, 0.6) is 0 Å². The van der Waals surface area contributed by atoms with Crippen molar-refractivity contribution < 1.29 is 22.4 Å². The molecule has 0 unspecified atom stereocenters. The molecular weight excluding hydrogens is 450 g/mol. The van der Waals surface area contributed by atoms with E-state index in [1.807, 2.05) is 19.1 Å². The number of carbonyl (C=O) groups is 1. The van der Waals surface area contributed by atoms with Crippen molar-refractivity contribution in [2.45, 2.75) is 51.0 Å². The highest BCUT2D eigenvalue weighted by molar-refractivity contribution is 7.89. The third-order valence-corrected chi connectivity index (χ3v) is 8.66. The first-order valence-electron chi connectivity index (χ1n) is 10.5. The molecule has 170 valence electrons. The van der Waals surface area contributed by atoms with Gasteiger partial charge < -0.3 is 9.15 Å². The molecule has 0 saturated carbocycles. The van der Waals surface area contributed by atoms with E-state index in [-0.39, 0.29) is 22.3 Å². The number of rotatable bonds is 6. The summed E-state index contributed by atoms with van der Waals surface area (Å²) in [6.07, 6.45) is 1.62. The van der Waals surface area contributed by atoms with Crippen molar-refractivity contribution >= 4 is 38.3 Å². The smallest absolute Gasteiger partial charge is 0.350 e. The Labute approximate surface area is 190 Å². The molecule has 2 aromatic heterocycles. The van der Waals surface area contributed by atoms with Gasteiger partial charge in [0.15, 0.2) is 0 Å². The Morgan fingerprint density at radius 2 is 1.94 bits per heavy atom. The summed E-state index contributed by atoms with van der Waals surface area (Å²) >= 11 is 1.03. The zero-order chi connectivity index (χ0) is 23.0. The Bertz CT molecular complexity index is 1330. The van der Waals surface area contributed by atoms with Gasteiger partial charge in [0.1, 0.15) is 22.0 Å². The fourth-order valence-corrected chi connectivity index (χ4v) is 6.86. The van der Waals surface area contributed by atoms with Crippen molar-refractivity contribution in [3.8, 4) is 0 Å². The molecule has 9 heteroatoms. The van der Waals surface area contributed by atoms with E-state index in [0.29, 0.717) is 29.6 Å². The summed E-state index contributed by atoms with van der Waals surface area (Å²) in [6.45, 7) is 6.85. The second kappa shape index (κ2) is 8.80. The van der Waals surface area contributed by atoms with E-state index in [2.05, 4.69) is 13.8 Å². The molecule has 0 spiro atoms. The van der Waals surface area contributed by atoms with E-state index >= 15 is 0 Å². The molecular formula is C23H25NO6S2. The molecule has 1 aliphatic rings. The standard InChI is InChI=1S/C23H25NO6S2/c1-14(2)17-12-18-16(11-21(25)30-19(18)10-15(17)3)13-29-23(26)22-20(6-9-31-22)32(27,28)24-7-4-5-8-24/h6,9-12,14H,4-5,7-8,13H2,1-3H3. The van der Waals surface area contributed by atoms with Crippen LogP contribution in [-0.2, 0) is 21.4 Å². The quantitative estimate of drug-likeness (QED) is 0.387. The van der Waals surface area contributed by atoms with E-state index < -0.39 is 21.6 Å². The SMILES string of the molecule is Cc1cc2oc(=O)cc(COC(=O)c3sccc3S(=O)(=O)N3CCCC3)c2cc1C(C)C. The van der Waals surface area contributed by atoms with E-state index in [1.54, 1.807) is 5.38 Å². The van der Waals surface area contributed by atoms with Gasteiger partial charge in [0.25, 0.3) is 0 Å². The monoisotopic (exact) mass is 475 g/mol. The normalized spacial score (nSPS) is 15.0. The van der Waals surface area contributed by atoms with Crippen LogP contribution in [0, 0.1) is 6.92 Å². The van der Waals surface area contributed by atoms with Crippen LogP contribution < -0.4 is 5.63 Å². The molecule has 0 bridgehead atoms. The summed E-state index contributed by atoms with van der Waals surface area (Å²) in [5.74, 6) is -0.457. The maximum atomic E-state index is 12.9. The molecule has 32 heavy (non-hydrogen) atoms. The number of hydrogen-bond acceptors (Lipinski definition) is 7. The van der Waals surface area contributed by atoms with E-state index in [0.717, 1.165) is 35.3 Å². The summed E-state index contributed by atoms with van der Waals surface area (Å²) in [6, 6.07) is 6.53. The highest BCUT2D eigenvalue weighted by Gasteiger charge is 2.32. The molecule has 1 aliphatic heterocycles. The third-order valence-electron chi connectivity index (χ3n) is 5.69. The number of benzene rings is 1. The molecule has 0 amide bonds. The Hall–Kier alpha value is -2.49. The summed E-state index contributed by atoms with van der Waals surface area (Å²) in [5, 5.41) is 2.27. The van der Waals surface area contributed by atoms with Crippen LogP contribution in [0.25, 0.3) is 11.0 Å². The molecule has 4 rings (SSSR count). The average Bonchev–Trinajstić information content (AvgIpc) is 3.43. The number of ether oxygens (including phenoxy) is 1. The molecule has 0 radical (unpaired) electrons. The molecule has 7 nitrogen and oxygen atoms in total. The number of esters is 1. The summed E-state index contributed by atoms with van der Waals surface area (Å²) in [5.41, 5.74) is 2.54. The highest BCUT2D eigenvalue weighted by Crippen LogP contribution is 2.30. The number of aryl methyl sites for hydroxylation is 1. The maximum absolute atomic E-state index is 12.9. The molecule has 0 atom stereocenters. The lowest BCUT2D eigenvalue weighted by atomic mass is 9.95. The van der Waals surface area contributed by atoms with Gasteiger partial charge in [-0.15, -0.1) is 11.3 Å². The first-order chi connectivity index (χ1) is 15.2. The molecule has 1 saturated heterocycles. The molecule has 0 N–H and O–H groups in total. The molecule has 0 aliphatic carbocycles. The van der Waals surface area contributed by atoms with Crippen molar-refractivity contribution in [2.75, 3.05) is 13.1 Å². The van der Waals surface area contributed by atoms with Crippen LogP contribution in [0.15, 0.2) is 43.8 Å². The third kappa shape index (κ3) is 4.24. The zero-order valence-corrected chi connectivity index (χ0v) is 19.8. The van der Waals surface area contributed by atoms with E-state index in [1.165, 1.54) is 16.4 Å². The molecule has 3 heterocycles. The first kappa shape index (κ1) is 22.7. The molecule has 1 fully saturated rings. The summed E-state index contributed by atoms with van der Waals surface area (Å²) in [7, 11) is -3.74. The number of sulfonamides is 1. The van der Waals surface area contributed by atoms with Crippen LogP contribution in [0.3, 0.4) is 0 Å². The van der Waals surface area contributed by atoms with Crippen LogP contribution in [-0.4, -0.2) is 31.8 Å². The fraction of sp³-hybridized carbons (Fsp3) is 0.391. The maximum Gasteiger partial charge on any atom is 0.350 e. The Morgan fingerprint density at radius 1 is 1.22 bits per heavy atom.